The van der Waals surface area contributed by atoms with Crippen LogP contribution in [0.3, 0.4) is 0 Å². The summed E-state index contributed by atoms with van der Waals surface area (Å²) >= 11 is 0. The highest BCUT2D eigenvalue weighted by Gasteiger charge is 2.59. The molecule has 1 atom stereocenters. The number of hydrogen-bond acceptors (Lipinski definition) is 3. The van der Waals surface area contributed by atoms with Crippen molar-refractivity contribution in [2.24, 2.45) is 16.7 Å². The number of nitrogens with zero attached hydrogens (tertiary/aromatic N) is 3. The molecule has 2 aliphatic heterocycles. The minimum Gasteiger partial charge on any atom is -0.368 e. The quantitative estimate of drug-likeness (QED) is 0.567. The molecule has 1 amide bonds. The van der Waals surface area contributed by atoms with E-state index in [0.717, 1.165) is 32.6 Å². The second kappa shape index (κ2) is 9.09. The molecule has 0 radical (unpaired) electrons. The topological polar surface area (TPSA) is 26.8 Å². The highest BCUT2D eigenvalue weighted by atomic mass is 16.2. The molecular formula is C29H43N3O. The van der Waals surface area contributed by atoms with Crippen molar-refractivity contribution >= 4 is 11.6 Å². The lowest BCUT2D eigenvalue weighted by Gasteiger charge is -2.38. The van der Waals surface area contributed by atoms with Gasteiger partial charge in [0.1, 0.15) is 0 Å². The van der Waals surface area contributed by atoms with Crippen LogP contribution < -0.4 is 4.90 Å². The van der Waals surface area contributed by atoms with Gasteiger partial charge in [-0.25, -0.2) is 0 Å². The van der Waals surface area contributed by atoms with Crippen molar-refractivity contribution in [2.45, 2.75) is 65.7 Å². The monoisotopic (exact) mass is 449 g/mol. The van der Waals surface area contributed by atoms with Gasteiger partial charge in [-0.3, -0.25) is 4.79 Å². The predicted octanol–water partition coefficient (Wildman–Crippen LogP) is 5.35. The van der Waals surface area contributed by atoms with E-state index in [1.54, 1.807) is 11.1 Å². The van der Waals surface area contributed by atoms with Crippen molar-refractivity contribution in [3.05, 3.63) is 41.5 Å². The number of hydrogen-bond donors (Lipinski definition) is 0. The second-order valence-corrected chi connectivity index (χ2v) is 11.9. The molecule has 3 fully saturated rings. The number of carbonyl (C=O) groups is 1. The maximum absolute atomic E-state index is 13.3. The van der Waals surface area contributed by atoms with E-state index in [-0.39, 0.29) is 0 Å². The minimum atomic E-state index is 0.296. The van der Waals surface area contributed by atoms with Gasteiger partial charge in [0, 0.05) is 44.3 Å². The van der Waals surface area contributed by atoms with Crippen LogP contribution >= 0.6 is 0 Å². The van der Waals surface area contributed by atoms with Gasteiger partial charge in [-0.15, -0.1) is 0 Å². The fourth-order valence-corrected chi connectivity index (χ4v) is 7.01. The van der Waals surface area contributed by atoms with Crippen LogP contribution in [0.15, 0.2) is 41.5 Å². The summed E-state index contributed by atoms with van der Waals surface area (Å²) in [5, 5.41) is 0. The van der Waals surface area contributed by atoms with Crippen LogP contribution in [0.2, 0.25) is 0 Å². The molecule has 33 heavy (non-hydrogen) atoms. The maximum Gasteiger partial charge on any atom is 0.226 e. The summed E-state index contributed by atoms with van der Waals surface area (Å²) in [5.74, 6) is 0.742. The molecule has 4 heteroatoms. The number of para-hydroxylation sites is 1. The molecule has 2 saturated heterocycles. The molecule has 180 valence electrons. The van der Waals surface area contributed by atoms with Crippen LogP contribution in [0, 0.1) is 16.7 Å². The molecule has 1 saturated carbocycles. The third-order valence-corrected chi connectivity index (χ3v) is 9.42. The second-order valence-electron chi connectivity index (χ2n) is 11.9. The Morgan fingerprint density at radius 1 is 0.970 bits per heavy atom. The third kappa shape index (κ3) is 4.73. The molecule has 5 rings (SSSR count). The highest BCUT2D eigenvalue weighted by Crippen LogP contribution is 2.60. The molecule has 4 aliphatic rings. The zero-order valence-electron chi connectivity index (χ0n) is 21.1. The van der Waals surface area contributed by atoms with Crippen LogP contribution in [0.25, 0.3) is 0 Å². The first-order chi connectivity index (χ1) is 15.9. The molecule has 0 bridgehead atoms. The maximum atomic E-state index is 13.3. The lowest BCUT2D eigenvalue weighted by Crippen LogP contribution is -2.50. The number of rotatable bonds is 5. The molecule has 2 aliphatic carbocycles. The highest BCUT2D eigenvalue weighted by molar-refractivity contribution is 5.83. The number of piperazine rings is 1. The Kier molecular flexibility index (Phi) is 6.32. The minimum absolute atomic E-state index is 0.296. The average Bonchev–Trinajstić information content (AvgIpc) is 3.53. The van der Waals surface area contributed by atoms with Gasteiger partial charge in [-0.05, 0) is 87.9 Å². The lowest BCUT2D eigenvalue weighted by molar-refractivity contribution is -0.134. The first kappa shape index (κ1) is 23.0. The van der Waals surface area contributed by atoms with Gasteiger partial charge in [0.2, 0.25) is 5.91 Å². The summed E-state index contributed by atoms with van der Waals surface area (Å²) in [6, 6.07) is 10.6. The summed E-state index contributed by atoms with van der Waals surface area (Å²) in [6.45, 7) is 14.5. The number of likely N-dealkylation sites (tertiary alicyclic amines) is 1. The number of piperidine rings is 1. The number of carbonyl (C=O) groups excluding carboxylic acids is 1. The third-order valence-electron chi connectivity index (χ3n) is 9.42. The van der Waals surface area contributed by atoms with Gasteiger partial charge >= 0.3 is 0 Å². The van der Waals surface area contributed by atoms with Gasteiger partial charge in [0.05, 0.1) is 0 Å². The fourth-order valence-electron chi connectivity index (χ4n) is 7.01. The van der Waals surface area contributed by atoms with E-state index in [2.05, 4.69) is 65.8 Å². The first-order valence-electron chi connectivity index (χ1n) is 13.4. The SMILES string of the molecule is CC1=C(CCN2CCC3(CC2)C[C@H]3C(=O)N2CCN(c3ccccc3)CC2)C(C)(C)CCC1. The molecule has 1 spiro atoms. The van der Waals surface area contributed by atoms with E-state index >= 15 is 0 Å². The van der Waals surface area contributed by atoms with Gasteiger partial charge in [0.15, 0.2) is 0 Å². The largest absolute Gasteiger partial charge is 0.368 e. The summed E-state index contributed by atoms with van der Waals surface area (Å²) in [7, 11) is 0. The average molecular weight is 450 g/mol. The van der Waals surface area contributed by atoms with Crippen LogP contribution in [-0.4, -0.2) is 61.5 Å². The van der Waals surface area contributed by atoms with Crippen molar-refractivity contribution < 1.29 is 4.79 Å². The Morgan fingerprint density at radius 3 is 2.33 bits per heavy atom. The molecule has 0 aromatic heterocycles. The first-order valence-corrected chi connectivity index (χ1v) is 13.4. The molecule has 1 aromatic rings. The Hall–Kier alpha value is -1.81. The molecule has 0 unspecified atom stereocenters. The van der Waals surface area contributed by atoms with E-state index < -0.39 is 0 Å². The molecule has 4 nitrogen and oxygen atoms in total. The summed E-state index contributed by atoms with van der Waals surface area (Å²) in [4.78, 5) is 20.5. The number of benzene rings is 1. The Bertz CT molecular complexity index is 873. The standard InChI is InChI=1S/C29H43N3O/c1-23-8-7-12-28(2,3)25(23)11-15-30-16-13-29(14-17-30)22-26(29)27(33)32-20-18-31(19-21-32)24-9-5-4-6-10-24/h4-6,9-10,26H,7-8,11-22H2,1-3H3/t26-/m0/s1. The number of allylic oxidation sites excluding steroid dienone is 1. The van der Waals surface area contributed by atoms with E-state index in [9.17, 15) is 4.79 Å². The zero-order valence-corrected chi connectivity index (χ0v) is 21.1. The summed E-state index contributed by atoms with van der Waals surface area (Å²) in [5.41, 5.74) is 5.37. The van der Waals surface area contributed by atoms with Crippen LogP contribution in [-0.2, 0) is 4.79 Å². The lowest BCUT2D eigenvalue weighted by atomic mass is 9.71. The van der Waals surface area contributed by atoms with E-state index in [0.29, 0.717) is 22.7 Å². The number of anilines is 1. The predicted molar refractivity (Wildman–Crippen MR) is 136 cm³/mol. The van der Waals surface area contributed by atoms with Gasteiger partial charge < -0.3 is 14.7 Å². The normalized spacial score (nSPS) is 27.2. The van der Waals surface area contributed by atoms with Crippen molar-refractivity contribution in [3.8, 4) is 0 Å². The van der Waals surface area contributed by atoms with E-state index in [4.69, 9.17) is 0 Å². The number of amides is 1. The Labute approximate surface area is 201 Å². The summed E-state index contributed by atoms with van der Waals surface area (Å²) in [6.07, 6.45) is 8.79. The molecule has 0 N–H and O–H groups in total. The zero-order chi connectivity index (χ0) is 23.1. The van der Waals surface area contributed by atoms with Crippen LogP contribution in [0.1, 0.15) is 65.7 Å². The van der Waals surface area contributed by atoms with Crippen molar-refractivity contribution in [2.75, 3.05) is 50.7 Å². The van der Waals surface area contributed by atoms with Gasteiger partial charge in [-0.2, -0.15) is 0 Å². The van der Waals surface area contributed by atoms with Crippen LogP contribution in [0.4, 0.5) is 5.69 Å². The molecule has 1 aromatic carbocycles. The summed E-state index contributed by atoms with van der Waals surface area (Å²) < 4.78 is 0. The van der Waals surface area contributed by atoms with Crippen molar-refractivity contribution in [1.29, 1.82) is 0 Å². The van der Waals surface area contributed by atoms with Gasteiger partial charge in [-0.1, -0.05) is 43.2 Å². The Balaban J connectivity index is 1.08. The van der Waals surface area contributed by atoms with Crippen molar-refractivity contribution in [3.63, 3.8) is 0 Å². The molecule has 2 heterocycles. The van der Waals surface area contributed by atoms with Crippen LogP contribution in [0.5, 0.6) is 0 Å². The van der Waals surface area contributed by atoms with E-state index in [1.807, 2.05) is 0 Å². The smallest absolute Gasteiger partial charge is 0.226 e. The Morgan fingerprint density at radius 2 is 1.67 bits per heavy atom. The fraction of sp³-hybridized carbons (Fsp3) is 0.690. The van der Waals surface area contributed by atoms with Gasteiger partial charge in [0.25, 0.3) is 0 Å². The van der Waals surface area contributed by atoms with E-state index in [1.165, 1.54) is 63.8 Å². The molecular weight excluding hydrogens is 406 g/mol. The van der Waals surface area contributed by atoms with Crippen molar-refractivity contribution in [1.82, 2.24) is 9.80 Å².